The minimum absolute atomic E-state index is 0.0919. The lowest BCUT2D eigenvalue weighted by Crippen LogP contribution is -2.45. The van der Waals surface area contributed by atoms with E-state index in [0.29, 0.717) is 34.3 Å². The lowest BCUT2D eigenvalue weighted by molar-refractivity contribution is 0.0750. The molecule has 1 amide bonds. The number of carbonyl (C=O) groups excluding carboxylic acids is 1. The fourth-order valence-corrected chi connectivity index (χ4v) is 6.83. The highest BCUT2D eigenvalue weighted by atomic mass is 35.5. The van der Waals surface area contributed by atoms with Crippen LogP contribution >= 0.6 is 23.2 Å². The number of benzene rings is 3. The van der Waals surface area contributed by atoms with Crippen LogP contribution in [0.15, 0.2) is 78.4 Å². The number of piperidine rings is 1. The van der Waals surface area contributed by atoms with Crippen molar-refractivity contribution in [1.82, 2.24) is 15.3 Å². The maximum absolute atomic E-state index is 13.0. The van der Waals surface area contributed by atoms with E-state index in [1.807, 2.05) is 53.5 Å². The van der Waals surface area contributed by atoms with Crippen molar-refractivity contribution in [2.45, 2.75) is 25.3 Å². The molecule has 0 aromatic heterocycles. The van der Waals surface area contributed by atoms with Gasteiger partial charge in [-0.05, 0) is 71.5 Å². The van der Waals surface area contributed by atoms with Crippen LogP contribution in [0.4, 0.5) is 0 Å². The van der Waals surface area contributed by atoms with Gasteiger partial charge in [0, 0.05) is 48.0 Å². The Kier molecular flexibility index (Phi) is 8.45. The van der Waals surface area contributed by atoms with Crippen LogP contribution in [0, 0.1) is 0 Å². The Bertz CT molecular complexity index is 1430. The average Bonchev–Trinajstić information content (AvgIpc) is 2.89. The highest BCUT2D eigenvalue weighted by molar-refractivity contribution is 8.00. The van der Waals surface area contributed by atoms with Gasteiger partial charge in [0.1, 0.15) is 0 Å². The summed E-state index contributed by atoms with van der Waals surface area (Å²) in [5.74, 6) is -0.225. The number of rotatable bonds is 7. The van der Waals surface area contributed by atoms with Crippen molar-refractivity contribution < 1.29 is 13.2 Å². The summed E-state index contributed by atoms with van der Waals surface area (Å²) in [5, 5.41) is 3.24. The molecule has 2 aliphatic heterocycles. The number of hydrazine groups is 1. The third kappa shape index (κ3) is 6.56. The molecule has 0 atom stereocenters. The predicted octanol–water partition coefficient (Wildman–Crippen LogP) is 5.99. The molecule has 204 valence electrons. The Morgan fingerprint density at radius 1 is 0.821 bits per heavy atom. The molecule has 9 heteroatoms. The zero-order valence-electron chi connectivity index (χ0n) is 21.7. The Balaban J connectivity index is 1.43. The van der Waals surface area contributed by atoms with Crippen molar-refractivity contribution in [3.63, 3.8) is 0 Å². The van der Waals surface area contributed by atoms with Gasteiger partial charge >= 0.3 is 0 Å². The van der Waals surface area contributed by atoms with E-state index in [2.05, 4.69) is 10.3 Å². The van der Waals surface area contributed by atoms with E-state index in [9.17, 15) is 13.2 Å². The number of likely N-dealkylation sites (tertiary alicyclic amines) is 1. The molecule has 2 aliphatic rings. The quantitative estimate of drug-likeness (QED) is 0.370. The molecule has 0 radical (unpaired) electrons. The Morgan fingerprint density at radius 2 is 1.36 bits per heavy atom. The van der Waals surface area contributed by atoms with Crippen LogP contribution in [0.5, 0.6) is 0 Å². The van der Waals surface area contributed by atoms with Crippen molar-refractivity contribution in [1.29, 1.82) is 0 Å². The molecule has 0 spiro atoms. The summed E-state index contributed by atoms with van der Waals surface area (Å²) >= 11 is 12.3. The Morgan fingerprint density at radius 3 is 1.90 bits per heavy atom. The molecule has 0 saturated carbocycles. The first-order valence-electron chi connectivity index (χ1n) is 13.0. The van der Waals surface area contributed by atoms with E-state index >= 15 is 0 Å². The highest BCUT2D eigenvalue weighted by Gasteiger charge is 2.34. The van der Waals surface area contributed by atoms with Crippen LogP contribution in [0.25, 0.3) is 4.91 Å². The first kappa shape index (κ1) is 27.9. The molecule has 0 bridgehead atoms. The van der Waals surface area contributed by atoms with Crippen molar-refractivity contribution in [2.75, 3.05) is 32.4 Å². The van der Waals surface area contributed by atoms with E-state index in [1.165, 1.54) is 12.7 Å². The molecule has 5 rings (SSSR count). The fraction of sp³-hybridized carbons (Fsp3) is 0.300. The second kappa shape index (κ2) is 11.8. The molecule has 39 heavy (non-hydrogen) atoms. The van der Waals surface area contributed by atoms with Crippen molar-refractivity contribution in [2.24, 2.45) is 0 Å². The largest absolute Gasteiger partial charge is 0.285 e. The molecule has 6 nitrogen and oxygen atoms in total. The fourth-order valence-electron chi connectivity index (χ4n) is 5.37. The number of nitrogens with one attached hydrogen (secondary N) is 1. The molecular formula is C30H31Cl2N3O3S. The van der Waals surface area contributed by atoms with Crippen LogP contribution in [-0.4, -0.2) is 56.7 Å². The zero-order chi connectivity index (χ0) is 27.6. The van der Waals surface area contributed by atoms with Gasteiger partial charge in [-0.1, -0.05) is 66.0 Å². The molecule has 3 aromatic carbocycles. The third-order valence-electron chi connectivity index (χ3n) is 7.22. The van der Waals surface area contributed by atoms with Gasteiger partial charge in [0.25, 0.3) is 5.91 Å². The van der Waals surface area contributed by atoms with Crippen LogP contribution < -0.4 is 5.43 Å². The summed E-state index contributed by atoms with van der Waals surface area (Å²) in [4.78, 5) is 15.5. The van der Waals surface area contributed by atoms with Crippen LogP contribution in [0.1, 0.15) is 52.4 Å². The first-order chi connectivity index (χ1) is 18.7. The number of hydrogen-bond donors (Lipinski definition) is 1. The second-order valence-electron chi connectivity index (χ2n) is 10.2. The zero-order valence-corrected chi connectivity index (χ0v) is 24.1. The van der Waals surface area contributed by atoms with Gasteiger partial charge in [0.15, 0.2) is 9.84 Å². The summed E-state index contributed by atoms with van der Waals surface area (Å²) in [6.45, 7) is 2.59. The lowest BCUT2D eigenvalue weighted by Gasteiger charge is -2.42. The van der Waals surface area contributed by atoms with Gasteiger partial charge < -0.3 is 0 Å². The summed E-state index contributed by atoms with van der Waals surface area (Å²) in [6.07, 6.45) is 4.50. The van der Waals surface area contributed by atoms with Gasteiger partial charge in [0.2, 0.25) is 0 Å². The standard InChI is InChI=1S/C30H31Cl2N3O3S/c1-39(37,38)29(23-6-5-7-24(18-23)30(36)33-35-16-3-2-4-17-35)25-19-34(20-25)28(21-8-12-26(31)13-9-21)22-10-14-27(32)15-11-22/h5-15,18,28H,2-4,16-17,19-20H2,1H3,(H,33,36). The number of halogens is 2. The molecule has 0 aliphatic carbocycles. The normalized spacial score (nSPS) is 16.7. The van der Waals surface area contributed by atoms with Crippen molar-refractivity contribution in [3.8, 4) is 0 Å². The Labute approximate surface area is 240 Å². The Hall–Kier alpha value is -2.68. The maximum Gasteiger partial charge on any atom is 0.265 e. The number of nitrogens with zero attached hydrogens (tertiary/aromatic N) is 2. The molecule has 2 fully saturated rings. The van der Waals surface area contributed by atoms with Gasteiger partial charge in [-0.15, -0.1) is 0 Å². The van der Waals surface area contributed by atoms with E-state index < -0.39 is 9.84 Å². The number of amides is 1. The van der Waals surface area contributed by atoms with Gasteiger partial charge in [-0.25, -0.2) is 13.4 Å². The summed E-state index contributed by atoms with van der Waals surface area (Å²) < 4.78 is 26.1. The minimum atomic E-state index is -3.56. The molecule has 3 aromatic rings. The van der Waals surface area contributed by atoms with Gasteiger partial charge in [-0.3, -0.25) is 15.1 Å². The van der Waals surface area contributed by atoms with Gasteiger partial charge in [0.05, 0.1) is 10.9 Å². The van der Waals surface area contributed by atoms with E-state index in [-0.39, 0.29) is 16.9 Å². The monoisotopic (exact) mass is 583 g/mol. The number of sulfone groups is 1. The third-order valence-corrected chi connectivity index (χ3v) is 8.99. The summed E-state index contributed by atoms with van der Waals surface area (Å²) in [6, 6.07) is 22.2. The molecular weight excluding hydrogens is 553 g/mol. The number of hydrogen-bond acceptors (Lipinski definition) is 5. The topological polar surface area (TPSA) is 69.7 Å². The van der Waals surface area contributed by atoms with E-state index in [1.54, 1.807) is 24.3 Å². The van der Waals surface area contributed by atoms with Crippen molar-refractivity contribution >= 4 is 43.9 Å². The number of carbonyl (C=O) groups is 1. The molecule has 2 saturated heterocycles. The summed E-state index contributed by atoms with van der Waals surface area (Å²) in [5.41, 5.74) is 6.87. The second-order valence-corrected chi connectivity index (χ2v) is 13.0. The van der Waals surface area contributed by atoms with Gasteiger partial charge in [-0.2, -0.15) is 0 Å². The van der Waals surface area contributed by atoms with Crippen LogP contribution in [0.2, 0.25) is 10.0 Å². The first-order valence-corrected chi connectivity index (χ1v) is 15.7. The van der Waals surface area contributed by atoms with Crippen LogP contribution in [-0.2, 0) is 9.84 Å². The maximum atomic E-state index is 13.0. The SMILES string of the molecule is CS(=O)(=O)C(=C1CN(C(c2ccc(Cl)cc2)c2ccc(Cl)cc2)C1)c1cccc(C(=O)NN2CCCCC2)c1. The average molecular weight is 585 g/mol. The van der Waals surface area contributed by atoms with E-state index in [4.69, 9.17) is 23.2 Å². The molecule has 2 heterocycles. The smallest absolute Gasteiger partial charge is 0.265 e. The van der Waals surface area contributed by atoms with Crippen molar-refractivity contribution in [3.05, 3.63) is 111 Å². The summed E-state index contributed by atoms with van der Waals surface area (Å²) in [7, 11) is -3.56. The lowest BCUT2D eigenvalue weighted by atomic mass is 9.92. The molecule has 0 unspecified atom stereocenters. The predicted molar refractivity (Wildman–Crippen MR) is 157 cm³/mol. The van der Waals surface area contributed by atoms with Crippen LogP contribution in [0.3, 0.4) is 0 Å². The molecule has 1 N–H and O–H groups in total. The van der Waals surface area contributed by atoms with E-state index in [0.717, 1.165) is 42.6 Å². The minimum Gasteiger partial charge on any atom is -0.285 e. The highest BCUT2D eigenvalue weighted by Crippen LogP contribution is 2.38.